The number of benzene rings is 1. The molecule has 2 heterocycles. The van der Waals surface area contributed by atoms with Gasteiger partial charge in [-0.25, -0.2) is 9.59 Å². The molecule has 2 aromatic rings. The molecule has 1 aromatic heterocycles. The summed E-state index contributed by atoms with van der Waals surface area (Å²) in [6, 6.07) is 6.51. The predicted molar refractivity (Wildman–Crippen MR) is 131 cm³/mol. The molecule has 0 radical (unpaired) electrons. The molecule has 2 N–H and O–H groups in total. The highest BCUT2D eigenvalue weighted by Crippen LogP contribution is 2.34. The van der Waals surface area contributed by atoms with Gasteiger partial charge in [-0.1, -0.05) is 12.1 Å². The number of hydrogen-bond donors (Lipinski definition) is 2. The number of nitrogens with one attached hydrogen (secondary N) is 2. The SMILES string of the molecule is CCOC(=O)c1nc(N[C@H]2CCN(C(=O)OC(C)(C)C)C2)nc(Nc2ccccc2OC)c1[N+](=O)[O-]. The number of nitro groups is 1. The normalized spacial score (nSPS) is 15.2. The third-order valence-electron chi connectivity index (χ3n) is 5.07. The van der Waals surface area contributed by atoms with E-state index in [-0.39, 0.29) is 24.4 Å². The van der Waals surface area contributed by atoms with Crippen LogP contribution < -0.4 is 15.4 Å². The first-order valence-electron chi connectivity index (χ1n) is 11.4. The molecule has 1 aliphatic rings. The molecule has 194 valence electrons. The van der Waals surface area contributed by atoms with Crippen LogP contribution in [0.25, 0.3) is 0 Å². The molecule has 36 heavy (non-hydrogen) atoms. The van der Waals surface area contributed by atoms with Crippen LogP contribution in [0.4, 0.5) is 27.9 Å². The number of esters is 1. The summed E-state index contributed by atoms with van der Waals surface area (Å²) in [7, 11) is 1.46. The van der Waals surface area contributed by atoms with Gasteiger partial charge in [0.25, 0.3) is 0 Å². The van der Waals surface area contributed by atoms with Crippen molar-refractivity contribution in [2.45, 2.75) is 45.8 Å². The summed E-state index contributed by atoms with van der Waals surface area (Å²) in [5, 5.41) is 17.9. The predicted octanol–water partition coefficient (Wildman–Crippen LogP) is 3.74. The number of carbonyl (C=O) groups is 2. The van der Waals surface area contributed by atoms with Crippen molar-refractivity contribution < 1.29 is 28.7 Å². The van der Waals surface area contributed by atoms with Crippen LogP contribution in [0.1, 0.15) is 44.6 Å². The molecule has 13 nitrogen and oxygen atoms in total. The molecule has 0 saturated carbocycles. The fourth-order valence-electron chi connectivity index (χ4n) is 3.55. The van der Waals surface area contributed by atoms with Crippen LogP contribution in [0.3, 0.4) is 0 Å². The van der Waals surface area contributed by atoms with Crippen molar-refractivity contribution in [3.05, 3.63) is 40.1 Å². The Balaban J connectivity index is 1.94. The number of rotatable bonds is 8. The van der Waals surface area contributed by atoms with Crippen LogP contribution in [0.5, 0.6) is 5.75 Å². The lowest BCUT2D eigenvalue weighted by Crippen LogP contribution is -2.36. The molecular weight excluding hydrogens is 472 g/mol. The molecule has 13 heteroatoms. The lowest BCUT2D eigenvalue weighted by molar-refractivity contribution is -0.384. The van der Waals surface area contributed by atoms with E-state index in [0.29, 0.717) is 30.9 Å². The first-order valence-corrected chi connectivity index (χ1v) is 11.4. The smallest absolute Gasteiger partial charge is 0.410 e. The quantitative estimate of drug-likeness (QED) is 0.308. The molecule has 0 spiro atoms. The Bertz CT molecular complexity index is 1130. The van der Waals surface area contributed by atoms with E-state index in [2.05, 4.69) is 20.6 Å². The number of ether oxygens (including phenoxy) is 3. The second-order valence-electron chi connectivity index (χ2n) is 8.95. The molecule has 0 bridgehead atoms. The van der Waals surface area contributed by atoms with Crippen molar-refractivity contribution in [3.8, 4) is 5.75 Å². The van der Waals surface area contributed by atoms with Crippen LogP contribution in [-0.4, -0.2) is 70.3 Å². The molecule has 0 unspecified atom stereocenters. The number of hydrogen-bond acceptors (Lipinski definition) is 11. The molecule has 1 aromatic carbocycles. The van der Waals surface area contributed by atoms with E-state index in [1.165, 1.54) is 7.11 Å². The van der Waals surface area contributed by atoms with Crippen molar-refractivity contribution in [2.75, 3.05) is 37.4 Å². The molecule has 1 fully saturated rings. The first kappa shape index (κ1) is 26.4. The van der Waals surface area contributed by atoms with Gasteiger partial charge in [0.15, 0.2) is 0 Å². The first-order chi connectivity index (χ1) is 17.0. The Morgan fingerprint density at radius 2 is 1.97 bits per heavy atom. The highest BCUT2D eigenvalue weighted by molar-refractivity contribution is 5.95. The lowest BCUT2D eigenvalue weighted by Gasteiger charge is -2.24. The summed E-state index contributed by atoms with van der Waals surface area (Å²) in [5.74, 6) is -0.787. The number of amides is 1. The molecule has 1 amide bonds. The van der Waals surface area contributed by atoms with Gasteiger partial charge >= 0.3 is 17.7 Å². The minimum Gasteiger partial charge on any atom is -0.495 e. The third-order valence-corrected chi connectivity index (χ3v) is 5.07. The average Bonchev–Trinajstić information content (AvgIpc) is 3.26. The zero-order valence-corrected chi connectivity index (χ0v) is 20.9. The van der Waals surface area contributed by atoms with Gasteiger partial charge in [-0.15, -0.1) is 0 Å². The Hall–Kier alpha value is -4.16. The van der Waals surface area contributed by atoms with Crippen LogP contribution in [0.2, 0.25) is 0 Å². The van der Waals surface area contributed by atoms with Crippen molar-refractivity contribution in [2.24, 2.45) is 0 Å². The van der Waals surface area contributed by atoms with Crippen LogP contribution in [-0.2, 0) is 9.47 Å². The summed E-state index contributed by atoms with van der Waals surface area (Å²) >= 11 is 0. The van der Waals surface area contributed by atoms with E-state index in [1.54, 1.807) is 56.9 Å². The Morgan fingerprint density at radius 3 is 2.61 bits per heavy atom. The van der Waals surface area contributed by atoms with Crippen molar-refractivity contribution >= 4 is 35.2 Å². The molecule has 1 aliphatic heterocycles. The third kappa shape index (κ3) is 6.49. The number of likely N-dealkylation sites (tertiary alicyclic amines) is 1. The molecule has 3 rings (SSSR count). The van der Waals surface area contributed by atoms with E-state index in [1.807, 2.05) is 0 Å². The minimum atomic E-state index is -0.959. The number of nitrogens with zero attached hydrogens (tertiary/aromatic N) is 4. The highest BCUT2D eigenvalue weighted by atomic mass is 16.6. The fourth-order valence-corrected chi connectivity index (χ4v) is 3.55. The molecular formula is C23H30N6O7. The fraction of sp³-hybridized carbons (Fsp3) is 0.478. The van der Waals surface area contributed by atoms with Gasteiger partial charge < -0.3 is 29.7 Å². The standard InChI is InChI=1S/C23H30N6O7/c1-6-35-20(30)17-18(29(32)33)19(25-15-9-7-8-10-16(15)34-5)27-21(26-17)24-14-11-12-28(13-14)22(31)36-23(2,3)4/h7-10,14H,6,11-13H2,1-5H3,(H2,24,25,26,27)/t14-/m0/s1. The topological polar surface area (TPSA) is 158 Å². The summed E-state index contributed by atoms with van der Waals surface area (Å²) in [6.07, 6.45) is 0.117. The van der Waals surface area contributed by atoms with Crippen LogP contribution in [0, 0.1) is 10.1 Å². The molecule has 1 atom stereocenters. The zero-order valence-electron chi connectivity index (χ0n) is 20.9. The van der Waals surface area contributed by atoms with E-state index >= 15 is 0 Å². The second-order valence-corrected chi connectivity index (χ2v) is 8.95. The van der Waals surface area contributed by atoms with Gasteiger partial charge in [0, 0.05) is 19.1 Å². The summed E-state index contributed by atoms with van der Waals surface area (Å²) < 4.78 is 15.7. The van der Waals surface area contributed by atoms with Crippen molar-refractivity contribution in [1.29, 1.82) is 0 Å². The maximum absolute atomic E-state index is 12.6. The Kier molecular flexibility index (Phi) is 8.12. The molecule has 1 saturated heterocycles. The van der Waals surface area contributed by atoms with Crippen molar-refractivity contribution in [3.63, 3.8) is 0 Å². The summed E-state index contributed by atoms with van der Waals surface area (Å²) in [5.41, 5.74) is -1.36. The number of para-hydroxylation sites is 2. The Labute approximate surface area is 208 Å². The maximum Gasteiger partial charge on any atom is 0.410 e. The van der Waals surface area contributed by atoms with Crippen LogP contribution >= 0.6 is 0 Å². The van der Waals surface area contributed by atoms with Gasteiger partial charge in [0.1, 0.15) is 11.4 Å². The van der Waals surface area contributed by atoms with Gasteiger partial charge in [0.05, 0.1) is 24.3 Å². The largest absolute Gasteiger partial charge is 0.495 e. The Morgan fingerprint density at radius 1 is 1.25 bits per heavy atom. The highest BCUT2D eigenvalue weighted by Gasteiger charge is 2.34. The van der Waals surface area contributed by atoms with Gasteiger partial charge in [0.2, 0.25) is 17.5 Å². The molecule has 0 aliphatic carbocycles. The zero-order chi connectivity index (χ0) is 26.5. The van der Waals surface area contributed by atoms with E-state index in [0.717, 1.165) is 0 Å². The van der Waals surface area contributed by atoms with Crippen LogP contribution in [0.15, 0.2) is 24.3 Å². The summed E-state index contributed by atoms with van der Waals surface area (Å²) in [4.78, 5) is 46.1. The summed E-state index contributed by atoms with van der Waals surface area (Å²) in [6.45, 7) is 7.70. The van der Waals surface area contributed by atoms with Crippen molar-refractivity contribution in [1.82, 2.24) is 14.9 Å². The van der Waals surface area contributed by atoms with Gasteiger partial charge in [-0.3, -0.25) is 10.1 Å². The number of anilines is 3. The van der Waals surface area contributed by atoms with E-state index in [9.17, 15) is 19.7 Å². The number of carbonyl (C=O) groups excluding carboxylic acids is 2. The van der Waals surface area contributed by atoms with Gasteiger partial charge in [-0.2, -0.15) is 9.97 Å². The monoisotopic (exact) mass is 502 g/mol. The maximum atomic E-state index is 12.6. The van der Waals surface area contributed by atoms with Gasteiger partial charge in [-0.05, 0) is 46.2 Å². The average molecular weight is 503 g/mol. The van der Waals surface area contributed by atoms with E-state index in [4.69, 9.17) is 14.2 Å². The number of methoxy groups -OCH3 is 1. The minimum absolute atomic E-state index is 0.00545. The number of aromatic nitrogens is 2. The lowest BCUT2D eigenvalue weighted by atomic mass is 10.2. The second kappa shape index (κ2) is 11.1. The van der Waals surface area contributed by atoms with E-state index < -0.39 is 34.0 Å².